The van der Waals surface area contributed by atoms with Crippen molar-refractivity contribution in [2.75, 3.05) is 13.6 Å². The number of nitrogens with zero attached hydrogens (tertiary/aromatic N) is 2. The fourth-order valence-corrected chi connectivity index (χ4v) is 2.08. The van der Waals surface area contributed by atoms with E-state index in [1.807, 2.05) is 6.07 Å². The third-order valence-corrected chi connectivity index (χ3v) is 2.99. The number of carbonyl (C=O) groups is 3. The van der Waals surface area contributed by atoms with Crippen molar-refractivity contribution in [3.8, 4) is 0 Å². The average Bonchev–Trinajstić information content (AvgIpc) is 2.44. The number of hydrogen-bond acceptors (Lipinski definition) is 5. The number of aromatic nitrogens is 1. The van der Waals surface area contributed by atoms with Crippen LogP contribution in [0.25, 0.3) is 0 Å². The number of likely N-dealkylation sites (N-methyl/N-ethyl adjacent to an activating group) is 1. The molecule has 0 aromatic carbocycles. The van der Waals surface area contributed by atoms with Crippen LogP contribution in [0.4, 0.5) is 4.79 Å². The summed E-state index contributed by atoms with van der Waals surface area (Å²) in [6.07, 6.45) is 2.83. The van der Waals surface area contributed by atoms with E-state index in [1.54, 1.807) is 39.2 Å². The van der Waals surface area contributed by atoms with Gasteiger partial charge in [-0.2, -0.15) is 0 Å². The zero-order valence-electron chi connectivity index (χ0n) is 14.8. The van der Waals surface area contributed by atoms with Crippen LogP contribution < -0.4 is 5.32 Å². The highest BCUT2D eigenvalue weighted by atomic mass is 16.6. The van der Waals surface area contributed by atoms with Crippen molar-refractivity contribution in [2.24, 2.45) is 0 Å². The summed E-state index contributed by atoms with van der Waals surface area (Å²) in [6, 6.07) is 2.73. The molecule has 0 bridgehead atoms. The molecule has 0 radical (unpaired) electrons. The Morgan fingerprint density at radius 3 is 2.50 bits per heavy atom. The quantitative estimate of drug-likeness (QED) is 0.852. The molecule has 1 aromatic rings. The summed E-state index contributed by atoms with van der Waals surface area (Å²) >= 11 is 0. The van der Waals surface area contributed by atoms with Gasteiger partial charge in [-0.1, -0.05) is 6.07 Å². The number of amides is 2. The third-order valence-electron chi connectivity index (χ3n) is 2.99. The van der Waals surface area contributed by atoms with Crippen molar-refractivity contribution in [3.63, 3.8) is 0 Å². The molecule has 0 aliphatic rings. The first kappa shape index (κ1) is 19.6. The fourth-order valence-electron chi connectivity index (χ4n) is 2.08. The van der Waals surface area contributed by atoms with Gasteiger partial charge in [0.25, 0.3) is 0 Å². The maximum Gasteiger partial charge on any atom is 0.408 e. The molecular weight excluding hydrogens is 310 g/mol. The maximum absolute atomic E-state index is 12.6. The first-order valence-corrected chi connectivity index (χ1v) is 7.71. The topological polar surface area (TPSA) is 88.6 Å². The molecule has 1 N–H and O–H groups in total. The summed E-state index contributed by atoms with van der Waals surface area (Å²) < 4.78 is 5.21. The van der Waals surface area contributed by atoms with E-state index < -0.39 is 17.7 Å². The highest BCUT2D eigenvalue weighted by Gasteiger charge is 2.27. The summed E-state index contributed by atoms with van der Waals surface area (Å²) in [4.78, 5) is 41.1. The SMILES string of the molecule is CC(=O)CN(C)C(=O)[C@H](Cc1cccnc1)NC(=O)OC(C)(C)C. The molecule has 0 saturated carbocycles. The number of pyridine rings is 1. The van der Waals surface area contributed by atoms with E-state index >= 15 is 0 Å². The van der Waals surface area contributed by atoms with Crippen LogP contribution in [0.1, 0.15) is 33.3 Å². The lowest BCUT2D eigenvalue weighted by atomic mass is 10.1. The van der Waals surface area contributed by atoms with Gasteiger partial charge in [0, 0.05) is 25.9 Å². The molecule has 132 valence electrons. The summed E-state index contributed by atoms with van der Waals surface area (Å²) in [5, 5.41) is 2.58. The Bertz CT molecular complexity index is 581. The fraction of sp³-hybridized carbons (Fsp3) is 0.529. The van der Waals surface area contributed by atoms with Crippen LogP contribution in [0, 0.1) is 0 Å². The van der Waals surface area contributed by atoms with Gasteiger partial charge in [-0.15, -0.1) is 0 Å². The van der Waals surface area contributed by atoms with Gasteiger partial charge in [-0.05, 0) is 39.3 Å². The monoisotopic (exact) mass is 335 g/mol. The van der Waals surface area contributed by atoms with E-state index in [0.717, 1.165) is 5.56 Å². The van der Waals surface area contributed by atoms with Crippen LogP contribution in [0.15, 0.2) is 24.5 Å². The van der Waals surface area contributed by atoms with Crippen LogP contribution in [0.3, 0.4) is 0 Å². The van der Waals surface area contributed by atoms with Gasteiger partial charge in [0.05, 0.1) is 6.54 Å². The molecule has 7 heteroatoms. The Kier molecular flexibility index (Phi) is 6.88. The van der Waals surface area contributed by atoms with E-state index in [0.29, 0.717) is 0 Å². The molecule has 1 aromatic heterocycles. The normalized spacial score (nSPS) is 12.2. The number of ether oxygens (including phenoxy) is 1. The lowest BCUT2D eigenvalue weighted by molar-refractivity contribution is -0.135. The van der Waals surface area contributed by atoms with Gasteiger partial charge in [-0.25, -0.2) is 4.79 Å². The van der Waals surface area contributed by atoms with Crippen molar-refractivity contribution >= 4 is 17.8 Å². The Morgan fingerprint density at radius 2 is 2.00 bits per heavy atom. The second-order valence-electron chi connectivity index (χ2n) is 6.66. The minimum atomic E-state index is -0.839. The molecule has 2 amide bonds. The van der Waals surface area contributed by atoms with Crippen LogP contribution in [0.2, 0.25) is 0 Å². The van der Waals surface area contributed by atoms with Crippen LogP contribution in [0.5, 0.6) is 0 Å². The summed E-state index contributed by atoms with van der Waals surface area (Å²) in [5.41, 5.74) is 0.125. The van der Waals surface area contributed by atoms with Crippen molar-refractivity contribution in [1.82, 2.24) is 15.2 Å². The zero-order chi connectivity index (χ0) is 18.3. The van der Waals surface area contributed by atoms with Gasteiger partial charge in [0.2, 0.25) is 5.91 Å². The second-order valence-corrected chi connectivity index (χ2v) is 6.66. The zero-order valence-corrected chi connectivity index (χ0v) is 14.8. The number of carbonyl (C=O) groups excluding carboxylic acids is 3. The molecule has 24 heavy (non-hydrogen) atoms. The summed E-state index contributed by atoms with van der Waals surface area (Å²) in [5.74, 6) is -0.497. The molecule has 1 atom stereocenters. The molecule has 0 aliphatic carbocycles. The van der Waals surface area contributed by atoms with Gasteiger partial charge in [0.1, 0.15) is 17.4 Å². The molecule has 0 unspecified atom stereocenters. The Labute approximate surface area is 142 Å². The third kappa shape index (κ3) is 7.21. The molecular formula is C17H25N3O4. The smallest absolute Gasteiger partial charge is 0.408 e. The lowest BCUT2D eigenvalue weighted by Gasteiger charge is -2.26. The maximum atomic E-state index is 12.6. The first-order valence-electron chi connectivity index (χ1n) is 7.71. The Morgan fingerprint density at radius 1 is 1.33 bits per heavy atom. The number of alkyl carbamates (subject to hydrolysis) is 1. The number of Topliss-reactive ketones (excluding diaryl/α,β-unsaturated/α-hetero) is 1. The van der Waals surface area contributed by atoms with Crippen molar-refractivity contribution < 1.29 is 19.1 Å². The average molecular weight is 335 g/mol. The van der Waals surface area contributed by atoms with E-state index in [1.165, 1.54) is 18.9 Å². The highest BCUT2D eigenvalue weighted by Crippen LogP contribution is 2.09. The van der Waals surface area contributed by atoms with Crippen LogP contribution in [-0.2, 0) is 20.7 Å². The second kappa shape index (κ2) is 8.42. The summed E-state index contributed by atoms with van der Waals surface area (Å²) in [7, 11) is 1.52. The molecule has 0 spiro atoms. The van der Waals surface area contributed by atoms with Gasteiger partial charge < -0.3 is 15.0 Å². The molecule has 1 rings (SSSR count). The Hall–Kier alpha value is -2.44. The lowest BCUT2D eigenvalue weighted by Crippen LogP contribution is -2.50. The number of ketones is 1. The molecule has 1 heterocycles. The number of nitrogens with one attached hydrogen (secondary N) is 1. The van der Waals surface area contributed by atoms with Crippen molar-refractivity contribution in [2.45, 2.75) is 45.8 Å². The largest absolute Gasteiger partial charge is 0.444 e. The minimum Gasteiger partial charge on any atom is -0.444 e. The van der Waals surface area contributed by atoms with Crippen molar-refractivity contribution in [1.29, 1.82) is 0 Å². The van der Waals surface area contributed by atoms with Crippen molar-refractivity contribution in [3.05, 3.63) is 30.1 Å². The highest BCUT2D eigenvalue weighted by molar-refractivity contribution is 5.89. The predicted octanol–water partition coefficient (Wildman–Crippen LogP) is 1.56. The molecule has 0 saturated heterocycles. The van der Waals surface area contributed by atoms with Gasteiger partial charge in [0.15, 0.2) is 0 Å². The van der Waals surface area contributed by atoms with Gasteiger partial charge >= 0.3 is 6.09 Å². The minimum absolute atomic E-state index is 0.0155. The van der Waals surface area contributed by atoms with Crippen LogP contribution >= 0.6 is 0 Å². The van der Waals surface area contributed by atoms with E-state index in [-0.39, 0.29) is 24.7 Å². The van der Waals surface area contributed by atoms with E-state index in [2.05, 4.69) is 10.3 Å². The van der Waals surface area contributed by atoms with Crippen LogP contribution in [-0.4, -0.2) is 52.9 Å². The first-order chi connectivity index (χ1) is 11.1. The molecule has 0 aliphatic heterocycles. The number of hydrogen-bond donors (Lipinski definition) is 1. The number of rotatable bonds is 6. The predicted molar refractivity (Wildman–Crippen MR) is 89.4 cm³/mol. The van der Waals surface area contributed by atoms with E-state index in [4.69, 9.17) is 4.74 Å². The van der Waals surface area contributed by atoms with E-state index in [9.17, 15) is 14.4 Å². The Balaban J connectivity index is 2.88. The summed E-state index contributed by atoms with van der Waals surface area (Å²) in [6.45, 7) is 6.62. The molecule has 0 fully saturated rings. The standard InChI is InChI=1S/C17H25N3O4/c1-12(21)11-20(5)15(22)14(9-13-7-6-8-18-10-13)19-16(23)24-17(2,3)4/h6-8,10,14H,9,11H2,1-5H3,(H,19,23)/t14-/m0/s1. The molecule has 7 nitrogen and oxygen atoms in total. The van der Waals surface area contributed by atoms with Gasteiger partial charge in [-0.3, -0.25) is 14.6 Å².